The molecule has 1 saturated heterocycles. The molecule has 4 nitrogen and oxygen atoms in total. The van der Waals surface area contributed by atoms with Crippen LogP contribution in [0, 0.1) is 5.82 Å². The summed E-state index contributed by atoms with van der Waals surface area (Å²) in [7, 11) is 1.47. The minimum absolute atomic E-state index is 0.216. The van der Waals surface area contributed by atoms with Crippen LogP contribution in [0.25, 0.3) is 0 Å². The van der Waals surface area contributed by atoms with Gasteiger partial charge in [-0.25, -0.2) is 9.37 Å². The van der Waals surface area contributed by atoms with E-state index in [4.69, 9.17) is 4.74 Å². The average molecular weight is 197 g/mol. The SMILES string of the molecule is COc1ncc(F)c(N2CCCC2)n1. The van der Waals surface area contributed by atoms with Crippen molar-refractivity contribution in [2.24, 2.45) is 0 Å². The molecule has 1 aromatic rings. The first-order valence-corrected chi connectivity index (χ1v) is 4.63. The molecule has 0 N–H and O–H groups in total. The van der Waals surface area contributed by atoms with Crippen molar-refractivity contribution in [3.8, 4) is 6.01 Å². The van der Waals surface area contributed by atoms with Gasteiger partial charge in [-0.15, -0.1) is 0 Å². The summed E-state index contributed by atoms with van der Waals surface area (Å²) >= 11 is 0. The Balaban J connectivity index is 2.29. The molecule has 0 unspecified atom stereocenters. The minimum atomic E-state index is -0.382. The highest BCUT2D eigenvalue weighted by molar-refractivity contribution is 5.40. The Labute approximate surface area is 81.7 Å². The third-order valence-corrected chi connectivity index (χ3v) is 2.29. The van der Waals surface area contributed by atoms with Crippen molar-refractivity contribution in [2.75, 3.05) is 25.1 Å². The van der Waals surface area contributed by atoms with Crippen LogP contribution in [0.1, 0.15) is 12.8 Å². The second-order valence-electron chi connectivity index (χ2n) is 3.22. The molecule has 0 bridgehead atoms. The van der Waals surface area contributed by atoms with E-state index in [1.165, 1.54) is 7.11 Å². The third kappa shape index (κ3) is 1.62. The van der Waals surface area contributed by atoms with Crippen molar-refractivity contribution in [3.63, 3.8) is 0 Å². The molecule has 2 rings (SSSR count). The lowest BCUT2D eigenvalue weighted by atomic mass is 10.4. The van der Waals surface area contributed by atoms with Crippen molar-refractivity contribution < 1.29 is 9.13 Å². The van der Waals surface area contributed by atoms with Crippen LogP contribution in [0.4, 0.5) is 10.2 Å². The molecule has 0 saturated carbocycles. The van der Waals surface area contributed by atoms with Gasteiger partial charge >= 0.3 is 6.01 Å². The average Bonchev–Trinajstić information content (AvgIpc) is 2.71. The second kappa shape index (κ2) is 3.77. The normalized spacial score (nSPS) is 16.0. The fourth-order valence-corrected chi connectivity index (χ4v) is 1.59. The summed E-state index contributed by atoms with van der Waals surface area (Å²) in [4.78, 5) is 9.60. The van der Waals surface area contributed by atoms with Crippen molar-refractivity contribution in [2.45, 2.75) is 12.8 Å². The zero-order chi connectivity index (χ0) is 9.97. The van der Waals surface area contributed by atoms with Crippen LogP contribution in [0.5, 0.6) is 6.01 Å². The zero-order valence-corrected chi connectivity index (χ0v) is 8.03. The molecule has 0 radical (unpaired) electrons. The molecule has 5 heteroatoms. The number of hydrogen-bond donors (Lipinski definition) is 0. The molecule has 0 aliphatic carbocycles. The number of methoxy groups -OCH3 is 1. The molecule has 0 spiro atoms. The predicted molar refractivity (Wildman–Crippen MR) is 50.0 cm³/mol. The maximum atomic E-state index is 13.3. The Morgan fingerprint density at radius 1 is 1.43 bits per heavy atom. The highest BCUT2D eigenvalue weighted by atomic mass is 19.1. The van der Waals surface area contributed by atoms with E-state index in [1.54, 1.807) is 0 Å². The van der Waals surface area contributed by atoms with Crippen LogP contribution in [0.2, 0.25) is 0 Å². The van der Waals surface area contributed by atoms with Crippen LogP contribution in [-0.4, -0.2) is 30.2 Å². The van der Waals surface area contributed by atoms with Crippen molar-refractivity contribution >= 4 is 5.82 Å². The smallest absolute Gasteiger partial charge is 0.318 e. The molecule has 1 fully saturated rings. The van der Waals surface area contributed by atoms with Gasteiger partial charge in [-0.05, 0) is 12.8 Å². The highest BCUT2D eigenvalue weighted by Gasteiger charge is 2.18. The summed E-state index contributed by atoms with van der Waals surface area (Å²) in [6.45, 7) is 1.72. The van der Waals surface area contributed by atoms with E-state index < -0.39 is 0 Å². The van der Waals surface area contributed by atoms with E-state index in [9.17, 15) is 4.39 Å². The molecular weight excluding hydrogens is 185 g/mol. The summed E-state index contributed by atoms with van der Waals surface area (Å²) in [5.74, 6) is -0.0259. The molecule has 2 heterocycles. The van der Waals surface area contributed by atoms with Gasteiger partial charge in [0.1, 0.15) is 0 Å². The standard InChI is InChI=1S/C9H12FN3O/c1-14-9-11-6-7(10)8(12-9)13-4-2-3-5-13/h6H,2-5H2,1H3. The van der Waals surface area contributed by atoms with Gasteiger partial charge in [0, 0.05) is 13.1 Å². The summed E-state index contributed by atoms with van der Waals surface area (Å²) in [6, 6.07) is 0.216. The van der Waals surface area contributed by atoms with Crippen LogP contribution in [0.15, 0.2) is 6.20 Å². The molecule has 0 amide bonds. The van der Waals surface area contributed by atoms with Gasteiger partial charge in [0.05, 0.1) is 13.3 Å². The first-order chi connectivity index (χ1) is 6.81. The molecule has 1 aliphatic rings. The van der Waals surface area contributed by atoms with Crippen molar-refractivity contribution in [3.05, 3.63) is 12.0 Å². The van der Waals surface area contributed by atoms with E-state index in [0.29, 0.717) is 5.82 Å². The number of aromatic nitrogens is 2. The Morgan fingerprint density at radius 2 is 2.14 bits per heavy atom. The fraction of sp³-hybridized carbons (Fsp3) is 0.556. The largest absolute Gasteiger partial charge is 0.467 e. The maximum absolute atomic E-state index is 13.3. The number of ether oxygens (including phenoxy) is 1. The van der Waals surface area contributed by atoms with E-state index in [2.05, 4.69) is 9.97 Å². The molecule has 0 atom stereocenters. The van der Waals surface area contributed by atoms with Gasteiger partial charge in [0.2, 0.25) is 0 Å². The lowest BCUT2D eigenvalue weighted by molar-refractivity contribution is 0.376. The molecule has 1 aromatic heterocycles. The summed E-state index contributed by atoms with van der Waals surface area (Å²) < 4.78 is 18.2. The van der Waals surface area contributed by atoms with E-state index in [1.807, 2.05) is 4.90 Å². The van der Waals surface area contributed by atoms with Crippen LogP contribution in [0.3, 0.4) is 0 Å². The Kier molecular flexibility index (Phi) is 2.47. The minimum Gasteiger partial charge on any atom is -0.467 e. The van der Waals surface area contributed by atoms with E-state index in [0.717, 1.165) is 32.1 Å². The number of rotatable bonds is 2. The van der Waals surface area contributed by atoms with Gasteiger partial charge in [-0.1, -0.05) is 0 Å². The van der Waals surface area contributed by atoms with E-state index in [-0.39, 0.29) is 11.8 Å². The zero-order valence-electron chi connectivity index (χ0n) is 8.03. The summed E-state index contributed by atoms with van der Waals surface area (Å²) in [5, 5.41) is 0. The van der Waals surface area contributed by atoms with Crippen molar-refractivity contribution in [1.29, 1.82) is 0 Å². The van der Waals surface area contributed by atoms with Gasteiger partial charge in [0.15, 0.2) is 11.6 Å². The fourth-order valence-electron chi connectivity index (χ4n) is 1.59. The number of nitrogens with zero attached hydrogens (tertiary/aromatic N) is 3. The number of halogens is 1. The molecule has 0 aromatic carbocycles. The van der Waals surface area contributed by atoms with Crippen molar-refractivity contribution in [1.82, 2.24) is 9.97 Å². The first kappa shape index (κ1) is 9.18. The Morgan fingerprint density at radius 3 is 2.79 bits per heavy atom. The highest BCUT2D eigenvalue weighted by Crippen LogP contribution is 2.22. The number of anilines is 1. The number of hydrogen-bond acceptors (Lipinski definition) is 4. The first-order valence-electron chi connectivity index (χ1n) is 4.63. The lowest BCUT2D eigenvalue weighted by Gasteiger charge is -2.16. The Bertz CT molecular complexity index is 326. The molecule has 14 heavy (non-hydrogen) atoms. The molecular formula is C9H12FN3O. The summed E-state index contributed by atoms with van der Waals surface area (Å²) in [5.41, 5.74) is 0. The monoisotopic (exact) mass is 197 g/mol. The topological polar surface area (TPSA) is 38.2 Å². The third-order valence-electron chi connectivity index (χ3n) is 2.29. The van der Waals surface area contributed by atoms with Gasteiger partial charge in [0.25, 0.3) is 0 Å². The Hall–Kier alpha value is -1.39. The van der Waals surface area contributed by atoms with Crippen LogP contribution in [-0.2, 0) is 0 Å². The van der Waals surface area contributed by atoms with Gasteiger partial charge in [-0.3, -0.25) is 0 Å². The van der Waals surface area contributed by atoms with E-state index >= 15 is 0 Å². The molecule has 1 aliphatic heterocycles. The molecule has 76 valence electrons. The predicted octanol–water partition coefficient (Wildman–Crippen LogP) is 1.22. The van der Waals surface area contributed by atoms with Gasteiger partial charge in [-0.2, -0.15) is 4.98 Å². The van der Waals surface area contributed by atoms with Crippen LogP contribution < -0.4 is 9.64 Å². The summed E-state index contributed by atoms with van der Waals surface area (Å²) in [6.07, 6.45) is 3.33. The van der Waals surface area contributed by atoms with Gasteiger partial charge < -0.3 is 9.64 Å². The second-order valence-corrected chi connectivity index (χ2v) is 3.22. The maximum Gasteiger partial charge on any atom is 0.318 e. The van der Waals surface area contributed by atoms with Crippen LogP contribution >= 0.6 is 0 Å². The lowest BCUT2D eigenvalue weighted by Crippen LogP contribution is -2.20. The quantitative estimate of drug-likeness (QED) is 0.714.